The Balaban J connectivity index is 1.73. The van der Waals surface area contributed by atoms with Crippen molar-refractivity contribution in [3.63, 3.8) is 0 Å². The number of benzene rings is 1. The van der Waals surface area contributed by atoms with Crippen molar-refractivity contribution in [2.45, 2.75) is 26.3 Å². The molecule has 1 aromatic carbocycles. The summed E-state index contributed by atoms with van der Waals surface area (Å²) in [4.78, 5) is 28.6. The molecule has 0 aliphatic carbocycles. The molecule has 2 heterocycles. The monoisotopic (exact) mass is 340 g/mol. The van der Waals surface area contributed by atoms with Crippen LogP contribution in [0.3, 0.4) is 0 Å². The van der Waals surface area contributed by atoms with Gasteiger partial charge in [0.1, 0.15) is 17.3 Å². The molecule has 3 rings (SSSR count). The Bertz CT molecular complexity index is 833. The molecule has 0 atom stereocenters. The molecule has 128 valence electrons. The minimum Gasteiger partial charge on any atom is -0.305 e. The summed E-state index contributed by atoms with van der Waals surface area (Å²) < 4.78 is 13.0. The maximum absolute atomic E-state index is 13.0. The molecule has 0 saturated carbocycles. The van der Waals surface area contributed by atoms with E-state index < -0.39 is 0 Å². The van der Waals surface area contributed by atoms with Gasteiger partial charge in [0.2, 0.25) is 5.91 Å². The van der Waals surface area contributed by atoms with Crippen molar-refractivity contribution in [1.82, 2.24) is 9.99 Å². The lowest BCUT2D eigenvalue weighted by Gasteiger charge is -2.23. The maximum atomic E-state index is 13.0. The van der Waals surface area contributed by atoms with Crippen LogP contribution in [0.1, 0.15) is 24.1 Å². The molecular formula is C18H17FN4O2. The molecule has 1 aliphatic rings. The Hall–Kier alpha value is -3.09. The third-order valence-electron chi connectivity index (χ3n) is 3.74. The summed E-state index contributed by atoms with van der Waals surface area (Å²) in [7, 11) is 0. The van der Waals surface area contributed by atoms with Gasteiger partial charge >= 0.3 is 0 Å². The predicted molar refractivity (Wildman–Crippen MR) is 91.2 cm³/mol. The number of hydrogen-bond donors (Lipinski definition) is 1. The summed E-state index contributed by atoms with van der Waals surface area (Å²) in [6.07, 6.45) is 0.477. The lowest BCUT2D eigenvalue weighted by molar-refractivity contribution is -0.132. The number of pyridine rings is 1. The predicted octanol–water partition coefficient (Wildman–Crippen LogP) is 2.65. The highest BCUT2D eigenvalue weighted by molar-refractivity contribution is 6.43. The molecule has 0 bridgehead atoms. The van der Waals surface area contributed by atoms with Crippen molar-refractivity contribution in [3.8, 4) is 0 Å². The van der Waals surface area contributed by atoms with E-state index in [-0.39, 0.29) is 42.7 Å². The van der Waals surface area contributed by atoms with Gasteiger partial charge in [-0.3, -0.25) is 9.59 Å². The van der Waals surface area contributed by atoms with Crippen molar-refractivity contribution >= 4 is 23.3 Å². The van der Waals surface area contributed by atoms with Crippen molar-refractivity contribution in [1.29, 1.82) is 0 Å². The van der Waals surface area contributed by atoms with Crippen LogP contribution in [-0.4, -0.2) is 27.5 Å². The molecule has 25 heavy (non-hydrogen) atoms. The van der Waals surface area contributed by atoms with E-state index in [2.05, 4.69) is 15.4 Å². The minimum absolute atomic E-state index is 0.172. The van der Waals surface area contributed by atoms with E-state index in [9.17, 15) is 14.0 Å². The number of aromatic nitrogens is 1. The lowest BCUT2D eigenvalue weighted by Crippen LogP contribution is -2.36. The molecule has 0 saturated heterocycles. The van der Waals surface area contributed by atoms with Gasteiger partial charge in [-0.2, -0.15) is 5.10 Å². The highest BCUT2D eigenvalue weighted by atomic mass is 19.1. The van der Waals surface area contributed by atoms with Gasteiger partial charge in [-0.1, -0.05) is 18.2 Å². The van der Waals surface area contributed by atoms with Crippen LogP contribution in [0.4, 0.5) is 10.2 Å². The van der Waals surface area contributed by atoms with Crippen LogP contribution in [0, 0.1) is 12.7 Å². The highest BCUT2D eigenvalue weighted by Gasteiger charge is 2.24. The Labute approximate surface area is 144 Å². The third kappa shape index (κ3) is 4.26. The first-order valence-electron chi connectivity index (χ1n) is 7.88. The first-order valence-corrected chi connectivity index (χ1v) is 7.88. The van der Waals surface area contributed by atoms with Gasteiger partial charge in [0, 0.05) is 18.5 Å². The Morgan fingerprint density at radius 2 is 1.96 bits per heavy atom. The SMILES string of the molecule is Cc1cccc(NC(=O)C2=NN(Cc3ccc(F)cc3)C(=O)CC2)n1. The number of rotatable bonds is 4. The summed E-state index contributed by atoms with van der Waals surface area (Å²) in [5.74, 6) is -0.457. The summed E-state index contributed by atoms with van der Waals surface area (Å²) >= 11 is 0. The number of carbonyl (C=O) groups is 2. The van der Waals surface area contributed by atoms with Gasteiger partial charge in [-0.05, 0) is 36.8 Å². The van der Waals surface area contributed by atoms with Gasteiger partial charge in [-0.25, -0.2) is 14.4 Å². The maximum Gasteiger partial charge on any atom is 0.273 e. The topological polar surface area (TPSA) is 74.7 Å². The van der Waals surface area contributed by atoms with E-state index in [1.807, 2.05) is 13.0 Å². The molecule has 1 aliphatic heterocycles. The number of hydrazone groups is 1. The molecule has 2 amide bonds. The number of nitrogens with zero attached hydrogens (tertiary/aromatic N) is 3. The summed E-state index contributed by atoms with van der Waals surface area (Å²) in [5.41, 5.74) is 1.79. The fourth-order valence-electron chi connectivity index (χ4n) is 2.45. The lowest BCUT2D eigenvalue weighted by atomic mass is 10.1. The van der Waals surface area contributed by atoms with Crippen molar-refractivity contribution in [2.75, 3.05) is 5.32 Å². The average Bonchev–Trinajstić information content (AvgIpc) is 2.59. The van der Waals surface area contributed by atoms with E-state index in [0.29, 0.717) is 5.82 Å². The smallest absolute Gasteiger partial charge is 0.273 e. The van der Waals surface area contributed by atoms with Gasteiger partial charge in [-0.15, -0.1) is 0 Å². The number of carbonyl (C=O) groups excluding carboxylic acids is 2. The quantitative estimate of drug-likeness (QED) is 0.930. The van der Waals surface area contributed by atoms with Crippen molar-refractivity contribution in [2.24, 2.45) is 5.10 Å². The second kappa shape index (κ2) is 7.21. The third-order valence-corrected chi connectivity index (χ3v) is 3.74. The Morgan fingerprint density at radius 3 is 2.68 bits per heavy atom. The van der Waals surface area contributed by atoms with Crippen LogP contribution in [0.2, 0.25) is 0 Å². The molecule has 0 spiro atoms. The number of halogens is 1. The minimum atomic E-state index is -0.380. The van der Waals surface area contributed by atoms with E-state index >= 15 is 0 Å². The second-order valence-corrected chi connectivity index (χ2v) is 5.74. The fourth-order valence-corrected chi connectivity index (χ4v) is 2.45. The zero-order valence-corrected chi connectivity index (χ0v) is 13.7. The van der Waals surface area contributed by atoms with E-state index in [0.717, 1.165) is 11.3 Å². The Kier molecular flexibility index (Phi) is 4.83. The summed E-state index contributed by atoms with van der Waals surface area (Å²) in [6, 6.07) is 11.1. The van der Waals surface area contributed by atoms with Crippen LogP contribution in [-0.2, 0) is 16.1 Å². The first-order chi connectivity index (χ1) is 12.0. The average molecular weight is 340 g/mol. The molecule has 0 radical (unpaired) electrons. The van der Waals surface area contributed by atoms with Gasteiger partial charge < -0.3 is 5.32 Å². The van der Waals surface area contributed by atoms with Gasteiger partial charge in [0.15, 0.2) is 0 Å². The van der Waals surface area contributed by atoms with Gasteiger partial charge in [0.25, 0.3) is 5.91 Å². The molecule has 7 heteroatoms. The Morgan fingerprint density at radius 1 is 1.20 bits per heavy atom. The second-order valence-electron chi connectivity index (χ2n) is 5.74. The summed E-state index contributed by atoms with van der Waals surface area (Å²) in [6.45, 7) is 2.02. The molecule has 1 aromatic heterocycles. The molecular weight excluding hydrogens is 323 g/mol. The van der Waals surface area contributed by atoms with E-state index in [1.165, 1.54) is 17.1 Å². The first kappa shape index (κ1) is 16.8. The number of nitrogens with one attached hydrogen (secondary N) is 1. The van der Waals surface area contributed by atoms with Crippen LogP contribution in [0.15, 0.2) is 47.6 Å². The normalized spacial score (nSPS) is 14.2. The fraction of sp³-hybridized carbons (Fsp3) is 0.222. The van der Waals surface area contributed by atoms with E-state index in [1.54, 1.807) is 24.3 Å². The van der Waals surface area contributed by atoms with E-state index in [4.69, 9.17) is 0 Å². The molecule has 2 aromatic rings. The molecule has 0 fully saturated rings. The standard InChI is InChI=1S/C18H17FN4O2/c1-12-3-2-4-16(20-12)21-18(25)15-9-10-17(24)23(22-15)11-13-5-7-14(19)8-6-13/h2-8H,9-11H2,1H3,(H,20,21,25). The van der Waals surface area contributed by atoms with Crippen molar-refractivity contribution < 1.29 is 14.0 Å². The molecule has 6 nitrogen and oxygen atoms in total. The van der Waals surface area contributed by atoms with Crippen molar-refractivity contribution in [3.05, 3.63) is 59.5 Å². The molecule has 0 unspecified atom stereocenters. The zero-order chi connectivity index (χ0) is 17.8. The number of amides is 2. The van der Waals surface area contributed by atoms with Crippen LogP contribution < -0.4 is 5.32 Å². The highest BCUT2D eigenvalue weighted by Crippen LogP contribution is 2.15. The number of aryl methyl sites for hydroxylation is 1. The van der Waals surface area contributed by atoms with Crippen LogP contribution in [0.25, 0.3) is 0 Å². The van der Waals surface area contributed by atoms with Crippen LogP contribution in [0.5, 0.6) is 0 Å². The number of anilines is 1. The summed E-state index contributed by atoms with van der Waals surface area (Å²) in [5, 5.41) is 8.10. The van der Waals surface area contributed by atoms with Gasteiger partial charge in [0.05, 0.1) is 6.54 Å². The number of hydrogen-bond acceptors (Lipinski definition) is 4. The van der Waals surface area contributed by atoms with Crippen LogP contribution >= 0.6 is 0 Å². The zero-order valence-electron chi connectivity index (χ0n) is 13.7. The largest absolute Gasteiger partial charge is 0.305 e. The molecule has 1 N–H and O–H groups in total.